The summed E-state index contributed by atoms with van der Waals surface area (Å²) in [6, 6.07) is 0. The highest BCUT2D eigenvalue weighted by Crippen LogP contribution is 1.93. The summed E-state index contributed by atoms with van der Waals surface area (Å²) in [5, 5.41) is 4.14. The summed E-state index contributed by atoms with van der Waals surface area (Å²) in [4.78, 5) is 2.12. The van der Waals surface area contributed by atoms with Crippen molar-refractivity contribution in [1.82, 2.24) is 10.2 Å². The van der Waals surface area contributed by atoms with E-state index in [9.17, 15) is 0 Å². The third kappa shape index (κ3) is 6.82. The molecular weight excluding hydrogens is 180 g/mol. The van der Waals surface area contributed by atoms with Gasteiger partial charge in [-0.3, -0.25) is 0 Å². The Labute approximate surface area is 87.7 Å². The van der Waals surface area contributed by atoms with Crippen molar-refractivity contribution in [2.24, 2.45) is 0 Å². The van der Waals surface area contributed by atoms with Crippen LogP contribution in [0.5, 0.6) is 0 Å². The number of unbranched alkanes of at least 4 members (excludes halogenated alkanes) is 2. The highest BCUT2D eigenvalue weighted by Gasteiger charge is 2.00. The highest BCUT2D eigenvalue weighted by atomic mass is 32.1. The lowest BCUT2D eigenvalue weighted by Gasteiger charge is -2.20. The van der Waals surface area contributed by atoms with Gasteiger partial charge in [-0.25, -0.2) is 0 Å². The Morgan fingerprint density at radius 1 is 1.23 bits per heavy atom. The molecule has 0 spiro atoms. The quantitative estimate of drug-likeness (QED) is 0.526. The lowest BCUT2D eigenvalue weighted by molar-refractivity contribution is 0.474. The summed E-state index contributed by atoms with van der Waals surface area (Å²) in [7, 11) is 2.05. The van der Waals surface area contributed by atoms with Crippen LogP contribution in [0.4, 0.5) is 0 Å². The first-order valence-electron chi connectivity index (χ1n) is 5.21. The molecule has 0 rings (SSSR count). The van der Waals surface area contributed by atoms with Gasteiger partial charge in [0.25, 0.3) is 0 Å². The van der Waals surface area contributed by atoms with Crippen LogP contribution in [-0.2, 0) is 0 Å². The standard InChI is InChI=1S/C10H22N2S/c1-4-6-8-11-10(13)12(3)9-7-5-2/h4-9H2,1-3H3,(H,11,13). The van der Waals surface area contributed by atoms with E-state index in [1.54, 1.807) is 0 Å². The van der Waals surface area contributed by atoms with Crippen molar-refractivity contribution in [3.05, 3.63) is 0 Å². The van der Waals surface area contributed by atoms with Crippen LogP contribution < -0.4 is 5.32 Å². The van der Waals surface area contributed by atoms with Crippen molar-refractivity contribution in [2.75, 3.05) is 20.1 Å². The molecule has 0 amide bonds. The molecule has 0 heterocycles. The molecule has 0 atom stereocenters. The van der Waals surface area contributed by atoms with Gasteiger partial charge in [-0.15, -0.1) is 0 Å². The number of hydrogen-bond donors (Lipinski definition) is 1. The first-order chi connectivity index (χ1) is 6.22. The third-order valence-corrected chi connectivity index (χ3v) is 2.46. The van der Waals surface area contributed by atoms with Gasteiger partial charge in [-0.1, -0.05) is 26.7 Å². The van der Waals surface area contributed by atoms with E-state index < -0.39 is 0 Å². The molecule has 0 saturated heterocycles. The average molecular weight is 202 g/mol. The van der Waals surface area contributed by atoms with E-state index in [-0.39, 0.29) is 0 Å². The SMILES string of the molecule is CCCCNC(=S)N(C)CCCC. The molecule has 0 aliphatic rings. The van der Waals surface area contributed by atoms with E-state index in [1.165, 1.54) is 25.7 Å². The molecule has 78 valence electrons. The second-order valence-electron chi connectivity index (χ2n) is 3.36. The van der Waals surface area contributed by atoms with Crippen molar-refractivity contribution < 1.29 is 0 Å². The molecule has 0 saturated carbocycles. The molecule has 13 heavy (non-hydrogen) atoms. The molecule has 1 N–H and O–H groups in total. The largest absolute Gasteiger partial charge is 0.363 e. The van der Waals surface area contributed by atoms with Crippen LogP contribution >= 0.6 is 12.2 Å². The van der Waals surface area contributed by atoms with Gasteiger partial charge in [0.15, 0.2) is 5.11 Å². The highest BCUT2D eigenvalue weighted by molar-refractivity contribution is 7.80. The van der Waals surface area contributed by atoms with Gasteiger partial charge in [0, 0.05) is 20.1 Å². The lowest BCUT2D eigenvalue weighted by Crippen LogP contribution is -2.37. The molecule has 2 nitrogen and oxygen atoms in total. The lowest BCUT2D eigenvalue weighted by atomic mass is 10.3. The van der Waals surface area contributed by atoms with Gasteiger partial charge in [0.2, 0.25) is 0 Å². The van der Waals surface area contributed by atoms with Crippen molar-refractivity contribution >= 4 is 17.3 Å². The summed E-state index contributed by atoms with van der Waals surface area (Å²) in [6.07, 6.45) is 4.85. The third-order valence-electron chi connectivity index (χ3n) is 2.00. The number of rotatable bonds is 6. The second-order valence-corrected chi connectivity index (χ2v) is 3.75. The number of nitrogens with zero attached hydrogens (tertiary/aromatic N) is 1. The molecule has 3 heteroatoms. The van der Waals surface area contributed by atoms with E-state index in [1.807, 2.05) is 0 Å². The van der Waals surface area contributed by atoms with E-state index in [4.69, 9.17) is 12.2 Å². The van der Waals surface area contributed by atoms with Gasteiger partial charge in [-0.05, 0) is 25.1 Å². The number of thiocarbonyl (C=S) groups is 1. The van der Waals surface area contributed by atoms with Crippen molar-refractivity contribution in [3.63, 3.8) is 0 Å². The molecule has 0 fully saturated rings. The summed E-state index contributed by atoms with van der Waals surface area (Å²) in [6.45, 7) is 6.45. The predicted octanol–water partition coefficient (Wildman–Crippen LogP) is 2.39. The van der Waals surface area contributed by atoms with Crippen LogP contribution in [0.1, 0.15) is 39.5 Å². The van der Waals surface area contributed by atoms with Crippen LogP contribution in [0.25, 0.3) is 0 Å². The zero-order valence-corrected chi connectivity index (χ0v) is 9.91. The predicted molar refractivity (Wildman–Crippen MR) is 63.0 cm³/mol. The molecule has 0 aromatic heterocycles. The minimum absolute atomic E-state index is 0.891. The van der Waals surface area contributed by atoms with Crippen molar-refractivity contribution in [3.8, 4) is 0 Å². The summed E-state index contributed by atoms with van der Waals surface area (Å²) in [5.41, 5.74) is 0. The smallest absolute Gasteiger partial charge is 0.168 e. The molecule has 0 aliphatic carbocycles. The maximum atomic E-state index is 5.22. The van der Waals surface area contributed by atoms with Crippen molar-refractivity contribution in [1.29, 1.82) is 0 Å². The van der Waals surface area contributed by atoms with Gasteiger partial charge in [0.1, 0.15) is 0 Å². The van der Waals surface area contributed by atoms with E-state index >= 15 is 0 Å². The molecule has 0 aliphatic heterocycles. The van der Waals surface area contributed by atoms with Gasteiger partial charge in [0.05, 0.1) is 0 Å². The summed E-state index contributed by atoms with van der Waals surface area (Å²) < 4.78 is 0. The molecule has 0 radical (unpaired) electrons. The maximum Gasteiger partial charge on any atom is 0.168 e. The Morgan fingerprint density at radius 3 is 2.38 bits per heavy atom. The van der Waals surface area contributed by atoms with E-state index in [0.29, 0.717) is 0 Å². The fourth-order valence-corrected chi connectivity index (χ4v) is 1.20. The Kier molecular flexibility index (Phi) is 8.10. The zero-order chi connectivity index (χ0) is 10.1. The number of nitrogens with one attached hydrogen (secondary N) is 1. The van der Waals surface area contributed by atoms with Crippen LogP contribution in [-0.4, -0.2) is 30.1 Å². The van der Waals surface area contributed by atoms with Crippen LogP contribution in [0.2, 0.25) is 0 Å². The van der Waals surface area contributed by atoms with Crippen molar-refractivity contribution in [2.45, 2.75) is 39.5 Å². The minimum Gasteiger partial charge on any atom is -0.363 e. The molecule has 0 aromatic rings. The first kappa shape index (κ1) is 12.7. The Balaban J connectivity index is 3.45. The van der Waals surface area contributed by atoms with E-state index in [0.717, 1.165) is 18.2 Å². The average Bonchev–Trinajstić information content (AvgIpc) is 2.14. The Morgan fingerprint density at radius 2 is 1.85 bits per heavy atom. The molecule has 0 bridgehead atoms. The number of hydrogen-bond acceptors (Lipinski definition) is 1. The molecule has 0 aromatic carbocycles. The molecular formula is C10H22N2S. The fourth-order valence-electron chi connectivity index (χ4n) is 1.00. The Bertz CT molecular complexity index is 137. The maximum absolute atomic E-state index is 5.22. The molecule has 0 unspecified atom stereocenters. The van der Waals surface area contributed by atoms with Gasteiger partial charge in [-0.2, -0.15) is 0 Å². The normalized spacial score (nSPS) is 9.77. The second kappa shape index (κ2) is 8.30. The van der Waals surface area contributed by atoms with Crippen LogP contribution in [0, 0.1) is 0 Å². The van der Waals surface area contributed by atoms with Gasteiger partial charge < -0.3 is 10.2 Å². The van der Waals surface area contributed by atoms with Crippen LogP contribution in [0.15, 0.2) is 0 Å². The monoisotopic (exact) mass is 202 g/mol. The summed E-state index contributed by atoms with van der Waals surface area (Å²) in [5.74, 6) is 0. The summed E-state index contributed by atoms with van der Waals surface area (Å²) >= 11 is 5.22. The first-order valence-corrected chi connectivity index (χ1v) is 5.62. The fraction of sp³-hybridized carbons (Fsp3) is 0.900. The zero-order valence-electron chi connectivity index (χ0n) is 9.10. The van der Waals surface area contributed by atoms with Gasteiger partial charge >= 0.3 is 0 Å². The van der Waals surface area contributed by atoms with Crippen LogP contribution in [0.3, 0.4) is 0 Å². The topological polar surface area (TPSA) is 15.3 Å². The van der Waals surface area contributed by atoms with E-state index in [2.05, 4.69) is 31.1 Å². The Hall–Kier alpha value is -0.310. The minimum atomic E-state index is 0.891.